The number of ether oxygens (including phenoxy) is 4. The molecule has 0 aromatic heterocycles. The van der Waals surface area contributed by atoms with Gasteiger partial charge in [-0.2, -0.15) is 0 Å². The summed E-state index contributed by atoms with van der Waals surface area (Å²) in [4.78, 5) is 28.3. The van der Waals surface area contributed by atoms with E-state index in [2.05, 4.69) is 4.52 Å². The smallest absolute Gasteiger partial charge is 0.380 e. The molecule has 0 aromatic carbocycles. The summed E-state index contributed by atoms with van der Waals surface area (Å²) in [5.74, 6) is 0. The molecule has 0 saturated carbocycles. The van der Waals surface area contributed by atoms with Crippen LogP contribution in [-0.4, -0.2) is 148 Å². The van der Waals surface area contributed by atoms with Gasteiger partial charge in [-0.15, -0.1) is 0 Å². The predicted octanol–water partition coefficient (Wildman–Crippen LogP) is -1.45. The molecule has 3 rings (SSSR count). The number of hydrogen-bond acceptors (Lipinski definition) is 12. The molecule has 221 valence electrons. The molecule has 11 atom stereocenters. The van der Waals surface area contributed by atoms with Crippen LogP contribution in [0.5, 0.6) is 0 Å². The van der Waals surface area contributed by atoms with E-state index in [1.807, 2.05) is 0 Å². The van der Waals surface area contributed by atoms with Gasteiger partial charge >= 0.3 is 23.2 Å². The summed E-state index contributed by atoms with van der Waals surface area (Å²) in [6, 6.07) is -2.05. The third kappa shape index (κ3) is 11.5. The zero-order valence-electron chi connectivity index (χ0n) is 22.5. The lowest BCUT2D eigenvalue weighted by molar-refractivity contribution is -0.0336. The van der Waals surface area contributed by atoms with Crippen LogP contribution >= 0.6 is 23.2 Å². The Labute approximate surface area is 245 Å². The van der Waals surface area contributed by atoms with Gasteiger partial charge in [-0.3, -0.25) is 18.1 Å². The zero-order valence-corrected chi connectivity index (χ0v) is 25.2. The first-order valence-corrected chi connectivity index (χ1v) is 17.6. The van der Waals surface area contributed by atoms with E-state index >= 15 is 0 Å². The molecular formula is C17H30B6O15P3. The largest absolute Gasteiger partial charge is 0.472 e. The second-order valence-electron chi connectivity index (χ2n) is 9.80. The van der Waals surface area contributed by atoms with Crippen molar-refractivity contribution in [3.8, 4) is 0 Å². The fourth-order valence-corrected chi connectivity index (χ4v) is 7.05. The van der Waals surface area contributed by atoms with Crippen molar-refractivity contribution in [2.24, 2.45) is 0 Å². The molecule has 3 aliphatic rings. The molecule has 41 heavy (non-hydrogen) atoms. The summed E-state index contributed by atoms with van der Waals surface area (Å²) in [5, 5.41) is 0. The van der Waals surface area contributed by atoms with E-state index in [9.17, 15) is 18.6 Å². The quantitative estimate of drug-likeness (QED) is 0.132. The predicted molar refractivity (Wildman–Crippen MR) is 148 cm³/mol. The highest BCUT2D eigenvalue weighted by molar-refractivity contribution is 7.53. The van der Waals surface area contributed by atoms with Crippen molar-refractivity contribution in [1.82, 2.24) is 0 Å². The van der Waals surface area contributed by atoms with Gasteiger partial charge in [-0.1, -0.05) is 0 Å². The maximum Gasteiger partial charge on any atom is 0.472 e. The molecule has 0 aliphatic carbocycles. The van der Waals surface area contributed by atoms with E-state index in [1.165, 1.54) is 14.3 Å². The molecule has 3 saturated heterocycles. The van der Waals surface area contributed by atoms with Crippen molar-refractivity contribution in [2.45, 2.75) is 73.9 Å². The van der Waals surface area contributed by atoms with E-state index in [0.717, 1.165) is 6.66 Å². The first-order chi connectivity index (χ1) is 19.0. The van der Waals surface area contributed by atoms with E-state index in [-0.39, 0.29) is 19.4 Å². The molecule has 0 bridgehead atoms. The van der Waals surface area contributed by atoms with E-state index in [1.54, 1.807) is 0 Å². The van der Waals surface area contributed by atoms with Crippen LogP contribution in [-0.2, 0) is 55.3 Å². The fraction of sp³-hybridized carbons (Fsp3) is 1.00. The second kappa shape index (κ2) is 15.3. The van der Waals surface area contributed by atoms with Crippen LogP contribution in [0.25, 0.3) is 0 Å². The number of phosphoric acid groups is 2. The summed E-state index contributed by atoms with van der Waals surface area (Å²) >= 11 is 0. The average molecular weight is 632 g/mol. The Hall–Kier alpha value is 0.600. The summed E-state index contributed by atoms with van der Waals surface area (Å²) in [6.45, 7) is -1.14. The van der Waals surface area contributed by atoms with Gasteiger partial charge in [0.2, 0.25) is 0 Å². The lowest BCUT2D eigenvalue weighted by Gasteiger charge is -2.26. The van der Waals surface area contributed by atoms with Gasteiger partial charge in [0.25, 0.3) is 0 Å². The third-order valence-corrected chi connectivity index (χ3v) is 9.28. The first-order valence-electron chi connectivity index (χ1n) is 12.6. The van der Waals surface area contributed by atoms with E-state index in [0.29, 0.717) is 6.42 Å². The van der Waals surface area contributed by atoms with Gasteiger partial charge in [0.05, 0.1) is 51.8 Å². The Kier molecular flexibility index (Phi) is 13.4. The molecule has 15 nitrogen and oxygen atoms in total. The summed E-state index contributed by atoms with van der Waals surface area (Å²) in [6.07, 6.45) is -4.78. The van der Waals surface area contributed by atoms with Crippen molar-refractivity contribution in [3.63, 3.8) is 0 Å². The third-order valence-electron chi connectivity index (χ3n) is 6.51. The van der Waals surface area contributed by atoms with Crippen molar-refractivity contribution >= 4 is 68.0 Å². The van der Waals surface area contributed by atoms with E-state index < -0.39 is 97.6 Å². The lowest BCUT2D eigenvalue weighted by Crippen LogP contribution is -2.33. The van der Waals surface area contributed by atoms with Crippen molar-refractivity contribution in [2.75, 3.05) is 33.6 Å². The summed E-state index contributed by atoms with van der Waals surface area (Å²) in [5.41, 5.74) is 0. The highest BCUT2D eigenvalue weighted by Gasteiger charge is 2.44. The molecule has 0 spiro atoms. The van der Waals surface area contributed by atoms with Crippen LogP contribution in [0.15, 0.2) is 0 Å². The van der Waals surface area contributed by atoms with Crippen molar-refractivity contribution in [3.05, 3.63) is 0 Å². The molecular weight excluding hydrogens is 602 g/mol. The second-order valence-corrected chi connectivity index (χ2v) is 14.5. The summed E-state index contributed by atoms with van der Waals surface area (Å²) in [7, 11) is 11.9. The monoisotopic (exact) mass is 633 g/mol. The minimum absolute atomic E-state index is 0.0362. The molecule has 3 fully saturated rings. The minimum Gasteiger partial charge on any atom is -0.380 e. The number of hydrogen-bond donors (Lipinski definition) is 3. The highest BCUT2D eigenvalue weighted by atomic mass is 31.2. The van der Waals surface area contributed by atoms with Gasteiger partial charge in [-0.05, 0) is 19.3 Å². The Morgan fingerprint density at radius 3 is 2.05 bits per heavy atom. The maximum atomic E-state index is 13.2. The lowest BCUT2D eigenvalue weighted by atomic mass is 9.16. The molecule has 0 amide bonds. The van der Waals surface area contributed by atoms with Gasteiger partial charge in [-0.25, -0.2) is 9.13 Å². The number of phosphoric ester groups is 2. The standard InChI is InChI=1S/C17H30B6O15P3/c1-30-9-3-15(18)34-12(9)8-33-41(28,29)38-10-4-16(22-19)35-13(10)6-31-39(2,24)37-11-5-17(23(20)21)36-14(11)7-32-40(25,26)27/h9-17H,3-8H2,1-2H3,(H,28,29)(H2,25,26,27). The molecule has 3 heterocycles. The van der Waals surface area contributed by atoms with Gasteiger partial charge in [0.1, 0.15) is 26.2 Å². The van der Waals surface area contributed by atoms with Crippen molar-refractivity contribution < 1.29 is 69.9 Å². The van der Waals surface area contributed by atoms with Crippen molar-refractivity contribution in [1.29, 1.82) is 0 Å². The van der Waals surface area contributed by atoms with Gasteiger partial charge in [0, 0.05) is 55.0 Å². The molecule has 24 heteroatoms. The minimum atomic E-state index is -4.83. The van der Waals surface area contributed by atoms with Gasteiger partial charge < -0.3 is 42.7 Å². The van der Waals surface area contributed by atoms with Crippen LogP contribution in [0.3, 0.4) is 0 Å². The topological polar surface area (TPSA) is 195 Å². The average Bonchev–Trinajstić information content (AvgIpc) is 3.55. The SMILES string of the molecule is [B][B]C1CC(OP(=O)(O)OCC2OC([B])CC2OC)C(COP(C)(=O)OC2CC(B([B])[B])OC2COP(=O)(O)O)O1. The molecule has 0 aromatic rings. The molecule has 3 aliphatic heterocycles. The molecule has 9 radical (unpaired) electrons. The summed E-state index contributed by atoms with van der Waals surface area (Å²) < 4.78 is 84.9. The van der Waals surface area contributed by atoms with Crippen LogP contribution < -0.4 is 0 Å². The van der Waals surface area contributed by atoms with Crippen LogP contribution in [0.2, 0.25) is 0 Å². The fourth-order valence-electron chi connectivity index (χ4n) is 4.55. The number of methoxy groups -OCH3 is 1. The Morgan fingerprint density at radius 1 is 0.854 bits per heavy atom. The van der Waals surface area contributed by atoms with Gasteiger partial charge in [0.15, 0.2) is 0 Å². The van der Waals surface area contributed by atoms with Crippen LogP contribution in [0.1, 0.15) is 19.3 Å². The van der Waals surface area contributed by atoms with Crippen LogP contribution in [0.4, 0.5) is 0 Å². The molecule has 3 N–H and O–H groups in total. The first kappa shape index (κ1) is 36.1. The Balaban J connectivity index is 1.57. The van der Waals surface area contributed by atoms with E-state index in [4.69, 9.17) is 77.9 Å². The Morgan fingerprint density at radius 2 is 1.44 bits per heavy atom. The molecule has 11 unspecified atom stereocenters. The zero-order chi connectivity index (χ0) is 30.6. The number of rotatable bonds is 16. The Bertz CT molecular complexity index is 995. The highest BCUT2D eigenvalue weighted by Crippen LogP contribution is 2.51. The normalized spacial score (nSPS) is 37.0. The van der Waals surface area contributed by atoms with Crippen LogP contribution in [0, 0.1) is 0 Å². The maximum absolute atomic E-state index is 13.2.